The van der Waals surface area contributed by atoms with Gasteiger partial charge in [-0.3, -0.25) is 4.79 Å². The van der Waals surface area contributed by atoms with Crippen LogP contribution in [0.4, 0.5) is 0 Å². The van der Waals surface area contributed by atoms with E-state index in [1.807, 2.05) is 12.1 Å². The van der Waals surface area contributed by atoms with E-state index < -0.39 is 11.4 Å². The molecule has 1 aromatic rings. The van der Waals surface area contributed by atoms with E-state index in [0.717, 1.165) is 17.3 Å². The number of aliphatic carboxylic acids is 1. The highest BCUT2D eigenvalue weighted by molar-refractivity contribution is 7.16. The lowest BCUT2D eigenvalue weighted by Gasteiger charge is -2.19. The van der Waals surface area contributed by atoms with Gasteiger partial charge >= 0.3 is 5.97 Å². The zero-order valence-electron chi connectivity index (χ0n) is 9.42. The van der Waals surface area contributed by atoms with Crippen LogP contribution in [0.5, 0.6) is 0 Å². The molecule has 16 heavy (non-hydrogen) atoms. The predicted octanol–water partition coefficient (Wildman–Crippen LogP) is 2.64. The highest BCUT2D eigenvalue weighted by atomic mass is 35.5. The third-order valence-corrected chi connectivity index (χ3v) is 3.61. The first-order valence-corrected chi connectivity index (χ1v) is 6.29. The fourth-order valence-electron chi connectivity index (χ4n) is 1.17. The van der Waals surface area contributed by atoms with Gasteiger partial charge < -0.3 is 10.4 Å². The minimum Gasteiger partial charge on any atom is -0.481 e. The average Bonchev–Trinajstić information content (AvgIpc) is 2.59. The van der Waals surface area contributed by atoms with Gasteiger partial charge in [0.25, 0.3) is 0 Å². The second-order valence-electron chi connectivity index (χ2n) is 4.32. The molecule has 90 valence electrons. The molecule has 0 saturated heterocycles. The van der Waals surface area contributed by atoms with Crippen molar-refractivity contribution in [1.82, 2.24) is 5.32 Å². The number of hydrogen-bond acceptors (Lipinski definition) is 3. The summed E-state index contributed by atoms with van der Waals surface area (Å²) >= 11 is 7.37. The summed E-state index contributed by atoms with van der Waals surface area (Å²) in [5, 5.41) is 12.1. The van der Waals surface area contributed by atoms with Crippen molar-refractivity contribution in [3.63, 3.8) is 0 Å². The first-order chi connectivity index (χ1) is 7.42. The molecule has 0 radical (unpaired) electrons. The van der Waals surface area contributed by atoms with E-state index >= 15 is 0 Å². The fraction of sp³-hybridized carbons (Fsp3) is 0.545. The summed E-state index contributed by atoms with van der Waals surface area (Å²) in [5.74, 6) is -0.779. The number of carbonyl (C=O) groups is 1. The lowest BCUT2D eigenvalue weighted by atomic mass is 9.94. The van der Waals surface area contributed by atoms with E-state index in [1.54, 1.807) is 25.2 Å². The van der Waals surface area contributed by atoms with E-state index in [2.05, 4.69) is 5.32 Å². The van der Waals surface area contributed by atoms with Crippen LogP contribution in [-0.2, 0) is 11.2 Å². The van der Waals surface area contributed by atoms with E-state index in [0.29, 0.717) is 6.54 Å². The molecule has 0 bridgehead atoms. The summed E-state index contributed by atoms with van der Waals surface area (Å²) in [4.78, 5) is 12.0. The van der Waals surface area contributed by atoms with Gasteiger partial charge in [0.2, 0.25) is 0 Å². The average molecular weight is 262 g/mol. The summed E-state index contributed by atoms with van der Waals surface area (Å²) in [6.07, 6.45) is 0.882. The number of nitrogens with one attached hydrogen (secondary N) is 1. The number of halogens is 1. The van der Waals surface area contributed by atoms with E-state index in [4.69, 9.17) is 16.7 Å². The zero-order valence-corrected chi connectivity index (χ0v) is 11.0. The lowest BCUT2D eigenvalue weighted by Crippen LogP contribution is -2.36. The third-order valence-electron chi connectivity index (χ3n) is 2.32. The first kappa shape index (κ1) is 13.5. The Bertz CT molecular complexity index is 363. The van der Waals surface area contributed by atoms with E-state index in [-0.39, 0.29) is 0 Å². The lowest BCUT2D eigenvalue weighted by molar-refractivity contribution is -0.146. The van der Waals surface area contributed by atoms with Gasteiger partial charge in [0.15, 0.2) is 0 Å². The second-order valence-corrected chi connectivity index (χ2v) is 6.12. The number of carboxylic acids is 1. The summed E-state index contributed by atoms with van der Waals surface area (Å²) in [7, 11) is 0. The molecule has 1 heterocycles. The molecule has 3 nitrogen and oxygen atoms in total. The molecule has 1 aromatic heterocycles. The maximum absolute atomic E-state index is 10.8. The summed E-state index contributed by atoms with van der Waals surface area (Å²) in [6.45, 7) is 4.67. The molecular formula is C11H16ClNO2S. The molecule has 0 unspecified atom stereocenters. The molecule has 0 aliphatic heterocycles. The number of rotatable bonds is 6. The van der Waals surface area contributed by atoms with Crippen molar-refractivity contribution in [2.24, 2.45) is 5.41 Å². The normalized spacial score (nSPS) is 11.7. The molecule has 0 aliphatic rings. The highest BCUT2D eigenvalue weighted by Crippen LogP contribution is 2.21. The summed E-state index contributed by atoms with van der Waals surface area (Å²) < 4.78 is 0.792. The fourth-order valence-corrected chi connectivity index (χ4v) is 2.26. The minimum atomic E-state index is -0.779. The topological polar surface area (TPSA) is 49.3 Å². The molecule has 2 N–H and O–H groups in total. The maximum Gasteiger partial charge on any atom is 0.310 e. The first-order valence-electron chi connectivity index (χ1n) is 5.10. The van der Waals surface area contributed by atoms with Crippen molar-refractivity contribution in [1.29, 1.82) is 0 Å². The molecule has 0 saturated carbocycles. The standard InChI is InChI=1S/C11H16ClNO2S/c1-11(2,10(14)15)7-13-6-5-8-3-4-9(12)16-8/h3-4,13H,5-7H2,1-2H3,(H,14,15). The van der Waals surface area contributed by atoms with Crippen molar-refractivity contribution in [3.8, 4) is 0 Å². The van der Waals surface area contributed by atoms with Crippen LogP contribution in [0.15, 0.2) is 12.1 Å². The molecule has 0 aromatic carbocycles. The molecule has 0 amide bonds. The molecular weight excluding hydrogens is 246 g/mol. The molecule has 0 atom stereocenters. The monoisotopic (exact) mass is 261 g/mol. The van der Waals surface area contributed by atoms with Gasteiger partial charge in [-0.05, 0) is 38.9 Å². The highest BCUT2D eigenvalue weighted by Gasteiger charge is 2.26. The van der Waals surface area contributed by atoms with E-state index in [9.17, 15) is 4.79 Å². The van der Waals surface area contributed by atoms with Gasteiger partial charge in [0.1, 0.15) is 0 Å². The largest absolute Gasteiger partial charge is 0.481 e. The van der Waals surface area contributed by atoms with Crippen LogP contribution < -0.4 is 5.32 Å². The smallest absolute Gasteiger partial charge is 0.310 e. The molecule has 0 aliphatic carbocycles. The Hall–Kier alpha value is -0.580. The number of hydrogen-bond donors (Lipinski definition) is 2. The van der Waals surface area contributed by atoms with Crippen LogP contribution in [0, 0.1) is 5.41 Å². The maximum atomic E-state index is 10.8. The van der Waals surface area contributed by atoms with Crippen molar-refractivity contribution in [3.05, 3.63) is 21.3 Å². The van der Waals surface area contributed by atoms with Crippen LogP contribution in [0.1, 0.15) is 18.7 Å². The second kappa shape index (κ2) is 5.66. The van der Waals surface area contributed by atoms with Gasteiger partial charge in [-0.15, -0.1) is 11.3 Å². The van der Waals surface area contributed by atoms with Gasteiger partial charge in [-0.2, -0.15) is 0 Å². The van der Waals surface area contributed by atoms with Gasteiger partial charge in [0, 0.05) is 11.4 Å². The Balaban J connectivity index is 2.24. The molecule has 0 fully saturated rings. The zero-order chi connectivity index (χ0) is 12.2. The predicted molar refractivity (Wildman–Crippen MR) is 67.3 cm³/mol. The number of thiophene rings is 1. The minimum absolute atomic E-state index is 0.474. The van der Waals surface area contributed by atoms with Crippen LogP contribution in [-0.4, -0.2) is 24.2 Å². The Labute approximate surface area is 104 Å². The summed E-state index contributed by atoms with van der Waals surface area (Å²) in [6, 6.07) is 3.87. The molecule has 5 heteroatoms. The Morgan fingerprint density at radius 2 is 2.25 bits per heavy atom. The van der Waals surface area contributed by atoms with Crippen LogP contribution >= 0.6 is 22.9 Å². The van der Waals surface area contributed by atoms with E-state index in [1.165, 1.54) is 4.88 Å². The Kier molecular flexibility index (Phi) is 4.77. The molecule has 0 spiro atoms. The summed E-state index contributed by atoms with van der Waals surface area (Å²) in [5.41, 5.74) is -0.715. The van der Waals surface area contributed by atoms with Crippen molar-refractivity contribution in [2.75, 3.05) is 13.1 Å². The van der Waals surface area contributed by atoms with Crippen LogP contribution in [0.25, 0.3) is 0 Å². The van der Waals surface area contributed by atoms with Crippen LogP contribution in [0.2, 0.25) is 4.34 Å². The van der Waals surface area contributed by atoms with Crippen molar-refractivity contribution in [2.45, 2.75) is 20.3 Å². The Morgan fingerprint density at radius 3 is 2.75 bits per heavy atom. The van der Waals surface area contributed by atoms with Gasteiger partial charge in [-0.1, -0.05) is 11.6 Å². The third kappa shape index (κ3) is 4.12. The quantitative estimate of drug-likeness (QED) is 0.774. The van der Waals surface area contributed by atoms with Crippen LogP contribution in [0.3, 0.4) is 0 Å². The number of carboxylic acid groups (broad SMARTS) is 1. The van der Waals surface area contributed by atoms with Gasteiger partial charge in [-0.25, -0.2) is 0 Å². The van der Waals surface area contributed by atoms with Crippen molar-refractivity contribution < 1.29 is 9.90 Å². The Morgan fingerprint density at radius 1 is 1.56 bits per heavy atom. The SMILES string of the molecule is CC(C)(CNCCc1ccc(Cl)s1)C(=O)O. The molecule has 1 rings (SSSR count). The van der Waals surface area contributed by atoms with Gasteiger partial charge in [0.05, 0.1) is 9.75 Å². The van der Waals surface area contributed by atoms with Crippen molar-refractivity contribution >= 4 is 28.9 Å².